The van der Waals surface area contributed by atoms with E-state index < -0.39 is 17.7 Å². The minimum absolute atomic E-state index is 0.0660. The molecule has 1 unspecified atom stereocenters. The maximum Gasteiger partial charge on any atom is 0.347 e. The number of phenols is 1. The van der Waals surface area contributed by atoms with Crippen LogP contribution in [0.1, 0.15) is 69.1 Å². The normalized spacial score (nSPS) is 15.9. The SMILES string of the molecule is O=C(NCC(=O)N1CC=C(c2cccc(C(O)(C(=O)OCC3CCN(Cc4ccccc4)CC3)c3ccccc3)c2)CC1)c1ccc(CCNC[C@H](O)c2ccc(O)c3[nH]c(=O)ccc23)cc1. The highest BCUT2D eigenvalue weighted by Crippen LogP contribution is 2.35. The molecule has 2 aliphatic heterocycles. The Morgan fingerprint density at radius 1 is 0.821 bits per heavy atom. The van der Waals surface area contributed by atoms with E-state index in [0.717, 1.165) is 49.2 Å². The number of benzene rings is 5. The highest BCUT2D eigenvalue weighted by atomic mass is 16.5. The zero-order valence-corrected chi connectivity index (χ0v) is 37.4. The molecule has 8 rings (SSSR count). The number of aromatic amines is 1. The first-order chi connectivity index (χ1) is 32.5. The number of pyridine rings is 1. The molecule has 0 radical (unpaired) electrons. The van der Waals surface area contributed by atoms with Crippen molar-refractivity contribution in [3.8, 4) is 5.75 Å². The number of carbonyl (C=O) groups is 3. The van der Waals surface area contributed by atoms with Gasteiger partial charge in [-0.25, -0.2) is 4.79 Å². The van der Waals surface area contributed by atoms with Gasteiger partial charge in [0.15, 0.2) is 0 Å². The van der Waals surface area contributed by atoms with Gasteiger partial charge in [0.25, 0.3) is 5.91 Å². The lowest BCUT2D eigenvalue weighted by molar-refractivity contribution is -0.164. The van der Waals surface area contributed by atoms with Crippen molar-refractivity contribution in [1.82, 2.24) is 25.4 Å². The molecular weight excluding hydrogens is 847 g/mol. The molecule has 3 heterocycles. The number of hydrogen-bond donors (Lipinski definition) is 6. The second kappa shape index (κ2) is 21.6. The number of nitrogens with one attached hydrogen (secondary N) is 3. The molecule has 2 amide bonds. The number of likely N-dealkylation sites (tertiary alicyclic amines) is 1. The second-order valence-electron chi connectivity index (χ2n) is 17.4. The van der Waals surface area contributed by atoms with E-state index in [1.54, 1.807) is 59.5 Å². The van der Waals surface area contributed by atoms with Crippen LogP contribution in [-0.2, 0) is 32.9 Å². The number of H-pyrrole nitrogens is 1. The molecule has 346 valence electrons. The molecule has 0 saturated carbocycles. The summed E-state index contributed by atoms with van der Waals surface area (Å²) in [4.78, 5) is 58.7. The third-order valence-corrected chi connectivity index (χ3v) is 12.9. The van der Waals surface area contributed by atoms with Gasteiger partial charge in [0.05, 0.1) is 24.8 Å². The third kappa shape index (κ3) is 11.4. The molecule has 1 aromatic heterocycles. The number of ether oxygens (including phenoxy) is 1. The highest BCUT2D eigenvalue weighted by molar-refractivity contribution is 5.96. The Balaban J connectivity index is 0.801. The number of aliphatic hydroxyl groups is 2. The number of aromatic hydroxyl groups is 1. The molecule has 6 N–H and O–H groups in total. The van der Waals surface area contributed by atoms with Crippen molar-refractivity contribution in [2.45, 2.75) is 43.9 Å². The monoisotopic (exact) mass is 903 g/mol. The van der Waals surface area contributed by atoms with Crippen LogP contribution < -0.4 is 16.2 Å². The number of hydrogen-bond acceptors (Lipinski definition) is 10. The average Bonchev–Trinajstić information content (AvgIpc) is 3.37. The van der Waals surface area contributed by atoms with Gasteiger partial charge in [0.2, 0.25) is 17.1 Å². The Morgan fingerprint density at radius 2 is 1.55 bits per heavy atom. The number of piperidine rings is 1. The summed E-state index contributed by atoms with van der Waals surface area (Å²) in [6, 6.07) is 39.8. The summed E-state index contributed by atoms with van der Waals surface area (Å²) in [5.41, 5.74) is 3.83. The van der Waals surface area contributed by atoms with Gasteiger partial charge in [-0.1, -0.05) is 103 Å². The maximum atomic E-state index is 14.0. The lowest BCUT2D eigenvalue weighted by Gasteiger charge is -2.33. The molecule has 0 aliphatic carbocycles. The van der Waals surface area contributed by atoms with Crippen LogP contribution in [-0.4, -0.2) is 100 Å². The van der Waals surface area contributed by atoms with Crippen LogP contribution in [0.15, 0.2) is 144 Å². The number of rotatable bonds is 17. The third-order valence-electron chi connectivity index (χ3n) is 12.9. The Morgan fingerprint density at radius 3 is 2.28 bits per heavy atom. The summed E-state index contributed by atoms with van der Waals surface area (Å²) in [5.74, 6) is -1.14. The Bertz CT molecular complexity index is 2750. The van der Waals surface area contributed by atoms with Crippen molar-refractivity contribution < 1.29 is 34.4 Å². The second-order valence-corrected chi connectivity index (χ2v) is 17.4. The molecule has 6 aromatic rings. The first-order valence-corrected chi connectivity index (χ1v) is 22.9. The van der Waals surface area contributed by atoms with Crippen molar-refractivity contribution in [3.63, 3.8) is 0 Å². The largest absolute Gasteiger partial charge is 0.506 e. The van der Waals surface area contributed by atoms with E-state index in [1.165, 1.54) is 17.7 Å². The van der Waals surface area contributed by atoms with E-state index >= 15 is 0 Å². The van der Waals surface area contributed by atoms with Crippen molar-refractivity contribution in [3.05, 3.63) is 189 Å². The van der Waals surface area contributed by atoms with Gasteiger partial charge in [-0.05, 0) is 115 Å². The predicted octanol–water partition coefficient (Wildman–Crippen LogP) is 5.84. The molecule has 0 bridgehead atoms. The Hall–Kier alpha value is -6.90. The molecule has 1 fully saturated rings. The van der Waals surface area contributed by atoms with Crippen LogP contribution in [0.4, 0.5) is 0 Å². The fourth-order valence-electron chi connectivity index (χ4n) is 8.96. The molecule has 13 nitrogen and oxygen atoms in total. The van der Waals surface area contributed by atoms with Crippen LogP contribution in [0.2, 0.25) is 0 Å². The lowest BCUT2D eigenvalue weighted by atomic mass is 9.84. The van der Waals surface area contributed by atoms with Crippen molar-refractivity contribution in [2.24, 2.45) is 5.92 Å². The van der Waals surface area contributed by atoms with Crippen LogP contribution in [0.5, 0.6) is 5.75 Å². The van der Waals surface area contributed by atoms with Gasteiger partial charge in [-0.2, -0.15) is 0 Å². The van der Waals surface area contributed by atoms with Gasteiger partial charge < -0.3 is 40.6 Å². The Labute approximate surface area is 389 Å². The number of fused-ring (bicyclic) bond motifs is 1. The molecule has 5 aromatic carbocycles. The number of aliphatic hydroxyl groups excluding tert-OH is 1. The van der Waals surface area contributed by atoms with Crippen LogP contribution in [0.25, 0.3) is 16.5 Å². The van der Waals surface area contributed by atoms with E-state index in [2.05, 4.69) is 44.8 Å². The fourth-order valence-corrected chi connectivity index (χ4v) is 8.96. The molecule has 0 spiro atoms. The average molecular weight is 904 g/mol. The highest BCUT2D eigenvalue weighted by Gasteiger charge is 2.42. The van der Waals surface area contributed by atoms with E-state index in [9.17, 15) is 34.5 Å². The number of esters is 1. The van der Waals surface area contributed by atoms with Crippen LogP contribution in [0.3, 0.4) is 0 Å². The summed E-state index contributed by atoms with van der Waals surface area (Å²) in [6.45, 7) is 4.39. The van der Waals surface area contributed by atoms with E-state index in [4.69, 9.17) is 4.74 Å². The topological polar surface area (TPSA) is 185 Å². The Kier molecular flexibility index (Phi) is 15.0. The quantitative estimate of drug-likeness (QED) is 0.0481. The van der Waals surface area contributed by atoms with E-state index in [1.807, 2.05) is 48.5 Å². The summed E-state index contributed by atoms with van der Waals surface area (Å²) in [6.07, 6.45) is 4.09. The molecule has 2 aliphatic rings. The standard InChI is InChI=1S/C54H57N5O8/c60-47-20-18-45(46-19-21-49(62)57-51(46)47)48(61)33-55-27-22-37-14-16-41(17-15-37)52(64)56-34-50(63)59-30-25-40(26-31-59)42-10-7-13-44(32-42)54(66,43-11-5-2-6-12-43)53(65)67-36-39-23-28-58(29-24-39)35-38-8-3-1-4-9-38/h1-21,25,32,39,48,55,60-61,66H,22-24,26-31,33-36H2,(H,56,64)(H,57,62)/t48-,54?/m0/s1. The number of aromatic nitrogens is 1. The zero-order chi connectivity index (χ0) is 46.8. The van der Waals surface area contributed by atoms with Crippen LogP contribution >= 0.6 is 0 Å². The number of nitrogens with zero attached hydrogens (tertiary/aromatic N) is 2. The van der Waals surface area contributed by atoms with E-state index in [0.29, 0.717) is 60.1 Å². The summed E-state index contributed by atoms with van der Waals surface area (Å²) in [7, 11) is 0. The van der Waals surface area contributed by atoms with Gasteiger partial charge in [0.1, 0.15) is 5.75 Å². The van der Waals surface area contributed by atoms with Gasteiger partial charge in [-0.15, -0.1) is 0 Å². The van der Waals surface area contributed by atoms with Crippen LogP contribution in [0, 0.1) is 5.92 Å². The van der Waals surface area contributed by atoms with Gasteiger partial charge in [-0.3, -0.25) is 19.3 Å². The number of carbonyl (C=O) groups excluding carboxylic acids is 3. The summed E-state index contributed by atoms with van der Waals surface area (Å²) >= 11 is 0. The fraction of sp³-hybridized carbons (Fsp3) is 0.296. The minimum Gasteiger partial charge on any atom is -0.506 e. The zero-order valence-electron chi connectivity index (χ0n) is 37.4. The first kappa shape index (κ1) is 46.6. The molecule has 1 saturated heterocycles. The molecule has 67 heavy (non-hydrogen) atoms. The van der Waals surface area contributed by atoms with E-state index in [-0.39, 0.29) is 54.3 Å². The van der Waals surface area contributed by atoms with Gasteiger partial charge in [0, 0.05) is 48.8 Å². The predicted molar refractivity (Wildman–Crippen MR) is 257 cm³/mol. The molecule has 13 heteroatoms. The maximum absolute atomic E-state index is 14.0. The minimum atomic E-state index is -2.03. The molecule has 2 atom stereocenters. The lowest BCUT2D eigenvalue weighted by Crippen LogP contribution is -2.42. The van der Waals surface area contributed by atoms with Crippen molar-refractivity contribution >= 4 is 34.3 Å². The van der Waals surface area contributed by atoms with Crippen molar-refractivity contribution in [2.75, 3.05) is 52.4 Å². The number of phenolic OH excluding ortho intramolecular Hbond substituents is 1. The molecular formula is C54H57N5O8. The number of amides is 2. The first-order valence-electron chi connectivity index (χ1n) is 22.9. The summed E-state index contributed by atoms with van der Waals surface area (Å²) < 4.78 is 5.94. The van der Waals surface area contributed by atoms with Crippen molar-refractivity contribution in [1.29, 1.82) is 0 Å². The van der Waals surface area contributed by atoms with Gasteiger partial charge >= 0.3 is 5.97 Å². The smallest absolute Gasteiger partial charge is 0.347 e. The summed E-state index contributed by atoms with van der Waals surface area (Å²) in [5, 5.41) is 39.8.